The van der Waals surface area contributed by atoms with E-state index in [1.54, 1.807) is 0 Å². The van der Waals surface area contributed by atoms with Gasteiger partial charge >= 0.3 is 39.5 Å². The van der Waals surface area contributed by atoms with E-state index in [9.17, 15) is 43.2 Å². The molecule has 0 fully saturated rings. The van der Waals surface area contributed by atoms with Gasteiger partial charge in [0.15, 0.2) is 12.2 Å². The fraction of sp³-hybridized carbons (Fsp3) is 0.951. The zero-order valence-electron chi connectivity index (χ0n) is 66.5. The highest BCUT2D eigenvalue weighted by Crippen LogP contribution is 2.45. The Labute approximate surface area is 619 Å². The Hall–Kier alpha value is -1.94. The molecule has 0 spiro atoms. The Morgan fingerprint density at radius 3 is 0.703 bits per heavy atom. The first-order valence-corrected chi connectivity index (χ1v) is 45.3. The van der Waals surface area contributed by atoms with E-state index in [1.165, 1.54) is 218 Å². The summed E-state index contributed by atoms with van der Waals surface area (Å²) in [5, 5.41) is 10.6. The van der Waals surface area contributed by atoms with Crippen molar-refractivity contribution >= 4 is 39.5 Å². The molecule has 0 saturated heterocycles. The van der Waals surface area contributed by atoms with Gasteiger partial charge < -0.3 is 33.8 Å². The normalized spacial score (nSPS) is 14.8. The number of unbranched alkanes of at least 4 members (excludes halogenated alkanes) is 42. The Bertz CT molecular complexity index is 1980. The third-order valence-corrected chi connectivity index (χ3v) is 22.1. The first-order chi connectivity index (χ1) is 48.7. The number of aliphatic hydroxyl groups excluding tert-OH is 1. The molecule has 0 bridgehead atoms. The highest BCUT2D eigenvalue weighted by atomic mass is 31.2. The van der Waals surface area contributed by atoms with Gasteiger partial charge in [-0.2, -0.15) is 0 Å². The number of ether oxygens (including phenoxy) is 4. The summed E-state index contributed by atoms with van der Waals surface area (Å²) in [7, 11) is -9.92. The summed E-state index contributed by atoms with van der Waals surface area (Å²) in [6.45, 7) is 14.3. The predicted molar refractivity (Wildman–Crippen MR) is 414 cm³/mol. The van der Waals surface area contributed by atoms with Gasteiger partial charge in [0.2, 0.25) is 0 Å². The summed E-state index contributed by atoms with van der Waals surface area (Å²) in [6, 6.07) is 0. The number of phosphoric ester groups is 2. The zero-order chi connectivity index (χ0) is 74.6. The number of phosphoric acid groups is 2. The molecule has 3 N–H and O–H groups in total. The Morgan fingerprint density at radius 2 is 0.475 bits per heavy atom. The molecule has 0 rings (SSSR count). The summed E-state index contributed by atoms with van der Waals surface area (Å²) in [4.78, 5) is 73.0. The maximum absolute atomic E-state index is 13.1. The molecule has 0 heterocycles. The van der Waals surface area contributed by atoms with Crippen LogP contribution >= 0.6 is 15.6 Å². The number of carbonyl (C=O) groups excluding carboxylic acids is 4. The quantitative estimate of drug-likeness (QED) is 0.0222. The number of hydrogen-bond acceptors (Lipinski definition) is 15. The molecular weight excluding hydrogens is 1320 g/mol. The van der Waals surface area contributed by atoms with Crippen molar-refractivity contribution in [3.05, 3.63) is 0 Å². The fourth-order valence-electron chi connectivity index (χ4n) is 12.5. The number of rotatable bonds is 79. The monoisotopic (exact) mass is 1480 g/mol. The molecule has 0 amide bonds. The topological polar surface area (TPSA) is 237 Å². The lowest BCUT2D eigenvalue weighted by Gasteiger charge is -2.21. The number of aliphatic hydroxyl groups is 1. The van der Waals surface area contributed by atoms with E-state index in [2.05, 4.69) is 55.4 Å². The van der Waals surface area contributed by atoms with Gasteiger partial charge in [-0.3, -0.25) is 37.3 Å². The lowest BCUT2D eigenvalue weighted by Crippen LogP contribution is -2.30. The SMILES string of the molecule is CCC(C)CCCCCCCCCCCCCCCCCCCCC(=O)OC[C@H](COP(=O)(O)OC[C@@H](O)COP(=O)(O)OC[C@@H](COC(=O)CCCCCCCCC(C)CC)OC(=O)CCCCCCCCCCC(C)CC)OC(=O)CCCCCCCCCCCCCCCCC(C)C. The maximum Gasteiger partial charge on any atom is 0.472 e. The number of carbonyl (C=O) groups is 4. The second-order valence-electron chi connectivity index (χ2n) is 30.7. The zero-order valence-corrected chi connectivity index (χ0v) is 68.3. The molecule has 0 aromatic rings. The third-order valence-electron chi connectivity index (χ3n) is 20.2. The van der Waals surface area contributed by atoms with Crippen molar-refractivity contribution in [3.63, 3.8) is 0 Å². The van der Waals surface area contributed by atoms with Crippen LogP contribution in [-0.2, 0) is 65.4 Å². The van der Waals surface area contributed by atoms with Gasteiger partial charge in [-0.1, -0.05) is 370 Å². The van der Waals surface area contributed by atoms with Crippen molar-refractivity contribution in [2.75, 3.05) is 39.6 Å². The summed E-state index contributed by atoms with van der Waals surface area (Å²) in [5.74, 6) is 1.05. The van der Waals surface area contributed by atoms with Crippen LogP contribution in [0.3, 0.4) is 0 Å². The molecule has 0 aliphatic heterocycles. The lowest BCUT2D eigenvalue weighted by atomic mass is 9.99. The molecule has 600 valence electrons. The van der Waals surface area contributed by atoms with Crippen LogP contribution < -0.4 is 0 Å². The van der Waals surface area contributed by atoms with Crippen LogP contribution in [0.15, 0.2) is 0 Å². The average Bonchev–Trinajstić information content (AvgIpc) is 1.10. The Morgan fingerprint density at radius 1 is 0.277 bits per heavy atom. The fourth-order valence-corrected chi connectivity index (χ4v) is 14.1. The van der Waals surface area contributed by atoms with Crippen molar-refractivity contribution in [1.29, 1.82) is 0 Å². The third kappa shape index (κ3) is 72.1. The van der Waals surface area contributed by atoms with E-state index in [1.807, 2.05) is 0 Å². The van der Waals surface area contributed by atoms with Crippen LogP contribution in [0.5, 0.6) is 0 Å². The number of hydrogen-bond donors (Lipinski definition) is 3. The first kappa shape index (κ1) is 99.1. The van der Waals surface area contributed by atoms with E-state index >= 15 is 0 Å². The maximum atomic E-state index is 13.1. The molecule has 0 radical (unpaired) electrons. The molecule has 0 aromatic carbocycles. The van der Waals surface area contributed by atoms with Crippen molar-refractivity contribution in [3.8, 4) is 0 Å². The summed E-state index contributed by atoms with van der Waals surface area (Å²) < 4.78 is 68.7. The van der Waals surface area contributed by atoms with Crippen molar-refractivity contribution in [2.45, 2.75) is 440 Å². The van der Waals surface area contributed by atoms with E-state index < -0.39 is 97.5 Å². The van der Waals surface area contributed by atoms with Crippen LogP contribution in [0.1, 0.15) is 421 Å². The first-order valence-electron chi connectivity index (χ1n) is 42.3. The second-order valence-corrected chi connectivity index (χ2v) is 33.6. The molecule has 0 aliphatic rings. The van der Waals surface area contributed by atoms with E-state index in [-0.39, 0.29) is 25.7 Å². The molecule has 19 heteroatoms. The standard InChI is InChI=1S/C82H160O17P2/c1-9-73(6)59-51-43-35-29-25-21-16-14-12-13-15-17-22-26-30-37-46-54-62-79(84)92-68-77(98-81(86)64-56-48-38-31-27-23-19-18-20-24-28-34-42-50-58-72(4)5)70-96-100(88,89)94-66-76(83)67-95-101(90,91)97-71-78(69-93-80(85)63-55-47-41-40-45-53-61-75(8)11-3)99-82(87)65-57-49-39-33-32-36-44-52-60-74(7)10-2/h72-78,83H,9-71H2,1-8H3,(H,88,89)(H,90,91)/t73?,74?,75?,76-,77-,78-/m1/s1. The number of esters is 4. The van der Waals surface area contributed by atoms with Crippen molar-refractivity contribution in [1.82, 2.24) is 0 Å². The van der Waals surface area contributed by atoms with Gasteiger partial charge in [0.05, 0.1) is 26.4 Å². The summed E-state index contributed by atoms with van der Waals surface area (Å²) >= 11 is 0. The Kier molecular flexibility index (Phi) is 69.6. The van der Waals surface area contributed by atoms with Crippen LogP contribution in [-0.4, -0.2) is 96.7 Å². The van der Waals surface area contributed by atoms with Crippen LogP contribution in [0.4, 0.5) is 0 Å². The average molecular weight is 1480 g/mol. The van der Waals surface area contributed by atoms with Crippen molar-refractivity contribution in [2.24, 2.45) is 23.7 Å². The van der Waals surface area contributed by atoms with Gasteiger partial charge in [0.25, 0.3) is 0 Å². The Balaban J connectivity index is 5.21. The minimum absolute atomic E-state index is 0.104. The summed E-state index contributed by atoms with van der Waals surface area (Å²) in [6.07, 6.45) is 58.3. The highest BCUT2D eigenvalue weighted by Gasteiger charge is 2.30. The second kappa shape index (κ2) is 71.0. The van der Waals surface area contributed by atoms with Gasteiger partial charge in [-0.15, -0.1) is 0 Å². The minimum atomic E-state index is -4.96. The molecule has 0 aromatic heterocycles. The smallest absolute Gasteiger partial charge is 0.462 e. The molecule has 17 nitrogen and oxygen atoms in total. The van der Waals surface area contributed by atoms with E-state index in [0.29, 0.717) is 25.7 Å². The lowest BCUT2D eigenvalue weighted by molar-refractivity contribution is -0.161. The molecule has 0 aliphatic carbocycles. The van der Waals surface area contributed by atoms with Crippen LogP contribution in [0.2, 0.25) is 0 Å². The molecule has 8 atom stereocenters. The van der Waals surface area contributed by atoms with E-state index in [4.69, 9.17) is 37.0 Å². The molecular formula is C82H160O17P2. The molecule has 101 heavy (non-hydrogen) atoms. The van der Waals surface area contributed by atoms with Crippen molar-refractivity contribution < 1.29 is 80.2 Å². The highest BCUT2D eigenvalue weighted by molar-refractivity contribution is 7.47. The van der Waals surface area contributed by atoms with Gasteiger partial charge in [-0.05, 0) is 49.4 Å². The molecule has 0 saturated carbocycles. The largest absolute Gasteiger partial charge is 0.472 e. The molecule has 5 unspecified atom stereocenters. The van der Waals surface area contributed by atoms with Gasteiger partial charge in [-0.25, -0.2) is 9.13 Å². The minimum Gasteiger partial charge on any atom is -0.462 e. The summed E-state index contributed by atoms with van der Waals surface area (Å²) in [5.41, 5.74) is 0. The van der Waals surface area contributed by atoms with Gasteiger partial charge in [0, 0.05) is 25.7 Å². The predicted octanol–water partition coefficient (Wildman–Crippen LogP) is 24.4. The van der Waals surface area contributed by atoms with Gasteiger partial charge in [0.1, 0.15) is 19.3 Å². The van der Waals surface area contributed by atoms with Crippen LogP contribution in [0.25, 0.3) is 0 Å². The van der Waals surface area contributed by atoms with E-state index in [0.717, 1.165) is 120 Å². The van der Waals surface area contributed by atoms with Crippen LogP contribution in [0, 0.1) is 23.7 Å².